The molecule has 0 saturated heterocycles. The second-order valence-electron chi connectivity index (χ2n) is 6.62. The van der Waals surface area contributed by atoms with Gasteiger partial charge in [0.05, 0.1) is 24.8 Å². The van der Waals surface area contributed by atoms with Crippen LogP contribution in [-0.4, -0.2) is 35.1 Å². The number of hydrogen-bond acceptors (Lipinski definition) is 5. The van der Waals surface area contributed by atoms with Gasteiger partial charge >= 0.3 is 0 Å². The monoisotopic (exact) mass is 480 g/mol. The van der Waals surface area contributed by atoms with Gasteiger partial charge in [-0.15, -0.1) is 0 Å². The predicted octanol–water partition coefficient (Wildman–Crippen LogP) is 3.96. The first kappa shape index (κ1) is 23.9. The number of amides is 1. The number of benzene rings is 3. The number of ether oxygens (including phenoxy) is 2. The molecule has 0 heterocycles. The van der Waals surface area contributed by atoms with E-state index in [1.54, 1.807) is 0 Å². The first-order chi connectivity index (χ1) is 15.7. The highest BCUT2D eigenvalue weighted by atomic mass is 32.2. The fourth-order valence-electron chi connectivity index (χ4n) is 2.98. The lowest BCUT2D eigenvalue weighted by molar-refractivity contribution is -0.114. The molecule has 0 aliphatic heterocycles. The highest BCUT2D eigenvalue weighted by molar-refractivity contribution is 7.92. The smallest absolute Gasteiger partial charge is 0.265 e. The molecule has 7 nitrogen and oxygen atoms in total. The minimum atomic E-state index is -4.53. The maximum atomic E-state index is 14.6. The van der Waals surface area contributed by atoms with Crippen molar-refractivity contribution in [3.63, 3.8) is 0 Å². The minimum Gasteiger partial charge on any atom is -0.493 e. The molecule has 3 aromatic rings. The van der Waals surface area contributed by atoms with Crippen molar-refractivity contribution >= 4 is 27.3 Å². The van der Waals surface area contributed by atoms with Crippen molar-refractivity contribution < 1.29 is 35.9 Å². The lowest BCUT2D eigenvalue weighted by atomic mass is 10.3. The SMILES string of the molecule is COc1ccc(S(=O)(=O)N(CC(=O)Nc2c(F)cccc2F)c2ccccc2F)cc1OC. The zero-order valence-electron chi connectivity index (χ0n) is 17.5. The molecule has 11 heteroatoms. The van der Waals surface area contributed by atoms with Crippen LogP contribution in [0.2, 0.25) is 0 Å². The van der Waals surface area contributed by atoms with E-state index < -0.39 is 51.3 Å². The third-order valence-corrected chi connectivity index (χ3v) is 6.33. The van der Waals surface area contributed by atoms with Crippen LogP contribution in [0.1, 0.15) is 0 Å². The Bertz CT molecular complexity index is 1260. The Morgan fingerprint density at radius 1 is 0.879 bits per heavy atom. The number of hydrogen-bond donors (Lipinski definition) is 1. The lowest BCUT2D eigenvalue weighted by Gasteiger charge is -2.25. The number of anilines is 2. The zero-order valence-corrected chi connectivity index (χ0v) is 18.3. The molecule has 1 N–H and O–H groups in total. The third kappa shape index (κ3) is 5.03. The average molecular weight is 480 g/mol. The van der Waals surface area contributed by atoms with Gasteiger partial charge in [-0.1, -0.05) is 18.2 Å². The van der Waals surface area contributed by atoms with E-state index in [1.807, 2.05) is 5.32 Å². The number of carbonyl (C=O) groups excluding carboxylic acids is 1. The molecule has 3 rings (SSSR count). The molecule has 0 aliphatic carbocycles. The van der Waals surface area contributed by atoms with E-state index in [2.05, 4.69) is 0 Å². The number of rotatable bonds is 8. The summed E-state index contributed by atoms with van der Waals surface area (Å²) in [5.74, 6) is -3.78. The molecule has 0 spiro atoms. The summed E-state index contributed by atoms with van der Waals surface area (Å²) in [4.78, 5) is 12.3. The van der Waals surface area contributed by atoms with Crippen LogP contribution in [0.4, 0.5) is 24.5 Å². The Balaban J connectivity index is 2.04. The van der Waals surface area contributed by atoms with Gasteiger partial charge in [-0.25, -0.2) is 21.6 Å². The van der Waals surface area contributed by atoms with Crippen LogP contribution in [0.25, 0.3) is 0 Å². The van der Waals surface area contributed by atoms with Crippen LogP contribution in [0.15, 0.2) is 65.6 Å². The van der Waals surface area contributed by atoms with E-state index in [0.29, 0.717) is 4.31 Å². The minimum absolute atomic E-state index is 0.0879. The maximum absolute atomic E-state index is 14.6. The summed E-state index contributed by atoms with van der Waals surface area (Å²) in [7, 11) is -1.86. The topological polar surface area (TPSA) is 84.9 Å². The molecule has 3 aromatic carbocycles. The fourth-order valence-corrected chi connectivity index (χ4v) is 4.43. The van der Waals surface area contributed by atoms with Crippen molar-refractivity contribution in [2.24, 2.45) is 0 Å². The highest BCUT2D eigenvalue weighted by Gasteiger charge is 2.30. The summed E-state index contributed by atoms with van der Waals surface area (Å²) in [6.45, 7) is -0.967. The number of nitrogens with zero attached hydrogens (tertiary/aromatic N) is 1. The Morgan fingerprint density at radius 2 is 1.48 bits per heavy atom. The average Bonchev–Trinajstić information content (AvgIpc) is 2.80. The number of halogens is 3. The molecule has 0 aliphatic rings. The number of para-hydroxylation sites is 2. The number of methoxy groups -OCH3 is 2. The number of nitrogens with one attached hydrogen (secondary N) is 1. The van der Waals surface area contributed by atoms with E-state index in [1.165, 1.54) is 38.5 Å². The molecular weight excluding hydrogens is 461 g/mol. The summed E-state index contributed by atoms with van der Waals surface area (Å²) in [5.41, 5.74) is -1.18. The predicted molar refractivity (Wildman–Crippen MR) is 115 cm³/mol. The van der Waals surface area contributed by atoms with E-state index in [0.717, 1.165) is 36.4 Å². The van der Waals surface area contributed by atoms with Crippen LogP contribution >= 0.6 is 0 Å². The second kappa shape index (κ2) is 9.82. The molecule has 174 valence electrons. The van der Waals surface area contributed by atoms with Crippen LogP contribution < -0.4 is 19.1 Å². The van der Waals surface area contributed by atoms with Gasteiger partial charge in [-0.05, 0) is 36.4 Å². The molecule has 0 saturated carbocycles. The van der Waals surface area contributed by atoms with E-state index in [9.17, 15) is 26.4 Å². The van der Waals surface area contributed by atoms with Gasteiger partial charge in [0.25, 0.3) is 10.0 Å². The fraction of sp³-hybridized carbons (Fsp3) is 0.136. The largest absolute Gasteiger partial charge is 0.493 e. The van der Waals surface area contributed by atoms with Crippen LogP contribution in [0.3, 0.4) is 0 Å². The zero-order chi connectivity index (χ0) is 24.2. The summed E-state index contributed by atoms with van der Waals surface area (Å²) >= 11 is 0. The lowest BCUT2D eigenvalue weighted by Crippen LogP contribution is -2.39. The highest BCUT2D eigenvalue weighted by Crippen LogP contribution is 2.33. The number of carbonyl (C=O) groups is 1. The van der Waals surface area contributed by atoms with E-state index >= 15 is 0 Å². The van der Waals surface area contributed by atoms with Gasteiger partial charge in [0.2, 0.25) is 5.91 Å². The van der Waals surface area contributed by atoms with Crippen molar-refractivity contribution in [3.05, 3.63) is 78.1 Å². The van der Waals surface area contributed by atoms with Crippen LogP contribution in [-0.2, 0) is 14.8 Å². The Morgan fingerprint density at radius 3 is 2.09 bits per heavy atom. The first-order valence-corrected chi connectivity index (χ1v) is 10.9. The Kier molecular flexibility index (Phi) is 7.12. The standard InChI is InChI=1S/C22H19F3N2O5S/c1-31-19-11-10-14(12-20(19)32-2)33(29,30)27(18-9-4-3-6-15(18)23)13-21(28)26-22-16(24)7-5-8-17(22)25/h3-12H,13H2,1-2H3,(H,26,28). The van der Waals surface area contributed by atoms with Crippen molar-refractivity contribution in [1.29, 1.82) is 0 Å². The van der Waals surface area contributed by atoms with E-state index in [-0.39, 0.29) is 16.4 Å². The molecule has 0 bridgehead atoms. The Labute approximate surface area is 188 Å². The summed E-state index contributed by atoms with van der Waals surface area (Å²) < 4.78 is 79.9. The molecule has 0 unspecified atom stereocenters. The van der Waals surface area contributed by atoms with Gasteiger partial charge in [0.1, 0.15) is 29.7 Å². The van der Waals surface area contributed by atoms with Gasteiger partial charge in [-0.3, -0.25) is 9.10 Å². The third-order valence-electron chi connectivity index (χ3n) is 4.58. The molecule has 0 atom stereocenters. The Hall–Kier alpha value is -3.73. The maximum Gasteiger partial charge on any atom is 0.265 e. The van der Waals surface area contributed by atoms with Gasteiger partial charge in [-0.2, -0.15) is 0 Å². The summed E-state index contributed by atoms with van der Waals surface area (Å²) in [5, 5.41) is 2.00. The van der Waals surface area contributed by atoms with Gasteiger partial charge in [0, 0.05) is 6.07 Å². The van der Waals surface area contributed by atoms with Crippen molar-refractivity contribution in [3.8, 4) is 11.5 Å². The molecule has 0 aromatic heterocycles. The van der Waals surface area contributed by atoms with Crippen molar-refractivity contribution in [1.82, 2.24) is 0 Å². The van der Waals surface area contributed by atoms with Gasteiger partial charge in [0.15, 0.2) is 11.5 Å². The normalized spacial score (nSPS) is 11.1. The first-order valence-electron chi connectivity index (χ1n) is 9.42. The molecule has 1 amide bonds. The van der Waals surface area contributed by atoms with Crippen LogP contribution in [0, 0.1) is 17.5 Å². The summed E-state index contributed by atoms with van der Waals surface area (Å²) in [6.07, 6.45) is 0. The molecule has 0 fully saturated rings. The van der Waals surface area contributed by atoms with E-state index in [4.69, 9.17) is 9.47 Å². The molecular formula is C22H19F3N2O5S. The second-order valence-corrected chi connectivity index (χ2v) is 8.49. The quantitative estimate of drug-likeness (QED) is 0.528. The van der Waals surface area contributed by atoms with Crippen LogP contribution in [0.5, 0.6) is 11.5 Å². The van der Waals surface area contributed by atoms with Crippen molar-refractivity contribution in [2.75, 3.05) is 30.4 Å². The van der Waals surface area contributed by atoms with Gasteiger partial charge < -0.3 is 14.8 Å². The number of sulfonamides is 1. The molecule has 0 radical (unpaired) electrons. The molecule has 33 heavy (non-hydrogen) atoms. The summed E-state index contributed by atoms with van der Waals surface area (Å²) in [6, 6.07) is 11.5. The van der Waals surface area contributed by atoms with Crippen molar-refractivity contribution in [2.45, 2.75) is 4.90 Å².